The minimum Gasteiger partial charge on any atom is -0.387 e. The fraction of sp³-hybridized carbons (Fsp3) is 0.545. The van der Waals surface area contributed by atoms with Crippen molar-refractivity contribution in [2.24, 2.45) is 0 Å². The topological polar surface area (TPSA) is 28.2 Å². The van der Waals surface area contributed by atoms with Crippen LogP contribution in [0.2, 0.25) is 0 Å². The summed E-state index contributed by atoms with van der Waals surface area (Å²) >= 11 is 0. The van der Waals surface area contributed by atoms with Gasteiger partial charge in [0.05, 0.1) is 17.6 Å². The molecule has 0 unspecified atom stereocenters. The Kier molecular flexibility index (Phi) is 4.40. The maximum absolute atomic E-state index is 4.38. The van der Waals surface area contributed by atoms with Gasteiger partial charge in [-0.1, -0.05) is 13.8 Å². The van der Waals surface area contributed by atoms with Crippen LogP contribution in [0.3, 0.4) is 0 Å². The summed E-state index contributed by atoms with van der Waals surface area (Å²) in [6.07, 6.45) is 1.87. The SMILES string of the molecule is CCN(CC)Cc1ccc(NC)cn1. The molecule has 0 saturated carbocycles. The molecule has 0 aliphatic heterocycles. The lowest BCUT2D eigenvalue weighted by Crippen LogP contribution is -2.22. The molecule has 1 aromatic rings. The number of nitrogens with one attached hydrogen (secondary N) is 1. The van der Waals surface area contributed by atoms with E-state index in [1.807, 2.05) is 13.2 Å². The Morgan fingerprint density at radius 3 is 2.43 bits per heavy atom. The van der Waals surface area contributed by atoms with Crippen LogP contribution in [-0.4, -0.2) is 30.0 Å². The second kappa shape index (κ2) is 5.60. The Morgan fingerprint density at radius 2 is 2.00 bits per heavy atom. The molecular weight excluding hydrogens is 174 g/mol. The minimum atomic E-state index is 0.941. The van der Waals surface area contributed by atoms with Gasteiger partial charge in [-0.3, -0.25) is 9.88 Å². The Balaban J connectivity index is 2.58. The molecule has 0 spiro atoms. The number of rotatable bonds is 5. The molecule has 0 saturated heterocycles. The van der Waals surface area contributed by atoms with Gasteiger partial charge >= 0.3 is 0 Å². The number of hydrogen-bond acceptors (Lipinski definition) is 3. The van der Waals surface area contributed by atoms with Crippen molar-refractivity contribution in [1.82, 2.24) is 9.88 Å². The zero-order chi connectivity index (χ0) is 10.4. The normalized spacial score (nSPS) is 10.6. The molecule has 0 aromatic carbocycles. The van der Waals surface area contributed by atoms with Gasteiger partial charge in [0.2, 0.25) is 0 Å². The highest BCUT2D eigenvalue weighted by Gasteiger charge is 2.01. The molecule has 3 nitrogen and oxygen atoms in total. The molecule has 14 heavy (non-hydrogen) atoms. The molecule has 0 fully saturated rings. The zero-order valence-electron chi connectivity index (χ0n) is 9.25. The Morgan fingerprint density at radius 1 is 1.29 bits per heavy atom. The van der Waals surface area contributed by atoms with Gasteiger partial charge in [-0.25, -0.2) is 0 Å². The smallest absolute Gasteiger partial charge is 0.0545 e. The second-order valence-electron chi connectivity index (χ2n) is 3.25. The fourth-order valence-electron chi connectivity index (χ4n) is 1.34. The van der Waals surface area contributed by atoms with Gasteiger partial charge in [-0.2, -0.15) is 0 Å². The summed E-state index contributed by atoms with van der Waals surface area (Å²) < 4.78 is 0. The van der Waals surface area contributed by atoms with Crippen molar-refractivity contribution in [3.8, 4) is 0 Å². The van der Waals surface area contributed by atoms with Crippen LogP contribution in [0, 0.1) is 0 Å². The van der Waals surface area contributed by atoms with Crippen LogP contribution in [0.4, 0.5) is 5.69 Å². The molecule has 1 aromatic heterocycles. The van der Waals surface area contributed by atoms with Crippen LogP contribution in [0.5, 0.6) is 0 Å². The molecule has 1 heterocycles. The first-order chi connectivity index (χ1) is 6.80. The van der Waals surface area contributed by atoms with Crippen LogP contribution in [-0.2, 0) is 6.54 Å². The lowest BCUT2D eigenvalue weighted by molar-refractivity contribution is 0.292. The van der Waals surface area contributed by atoms with E-state index >= 15 is 0 Å². The van der Waals surface area contributed by atoms with E-state index in [1.165, 1.54) is 0 Å². The third-order valence-corrected chi connectivity index (χ3v) is 2.39. The first-order valence-electron chi connectivity index (χ1n) is 5.15. The van der Waals surface area contributed by atoms with E-state index in [0.29, 0.717) is 0 Å². The highest BCUT2D eigenvalue weighted by atomic mass is 15.1. The average molecular weight is 193 g/mol. The molecule has 0 amide bonds. The molecule has 1 rings (SSSR count). The highest BCUT2D eigenvalue weighted by Crippen LogP contribution is 2.06. The van der Waals surface area contributed by atoms with Crippen molar-refractivity contribution in [1.29, 1.82) is 0 Å². The predicted octanol–water partition coefficient (Wildman–Crippen LogP) is 1.97. The molecular formula is C11H19N3. The third kappa shape index (κ3) is 3.00. The van der Waals surface area contributed by atoms with E-state index < -0.39 is 0 Å². The summed E-state index contributed by atoms with van der Waals surface area (Å²) in [5, 5.41) is 3.06. The van der Waals surface area contributed by atoms with Gasteiger partial charge < -0.3 is 5.32 Å². The first-order valence-corrected chi connectivity index (χ1v) is 5.15. The predicted molar refractivity (Wildman–Crippen MR) is 60.4 cm³/mol. The largest absolute Gasteiger partial charge is 0.387 e. The first kappa shape index (κ1) is 11.0. The van der Waals surface area contributed by atoms with Crippen LogP contribution < -0.4 is 5.32 Å². The minimum absolute atomic E-state index is 0.941. The number of anilines is 1. The van der Waals surface area contributed by atoms with Crippen molar-refractivity contribution >= 4 is 5.69 Å². The maximum atomic E-state index is 4.38. The standard InChI is InChI=1S/C11H19N3/c1-4-14(5-2)9-11-7-6-10(12-3)8-13-11/h6-8,12H,4-5,9H2,1-3H3. The van der Waals surface area contributed by atoms with Gasteiger partial charge in [0.1, 0.15) is 0 Å². The van der Waals surface area contributed by atoms with Crippen molar-refractivity contribution in [2.75, 3.05) is 25.5 Å². The number of nitrogens with zero attached hydrogens (tertiary/aromatic N) is 2. The molecule has 1 N–H and O–H groups in total. The number of pyridine rings is 1. The lowest BCUT2D eigenvalue weighted by Gasteiger charge is -2.17. The van der Waals surface area contributed by atoms with Crippen molar-refractivity contribution in [3.63, 3.8) is 0 Å². The van der Waals surface area contributed by atoms with Crippen LogP contribution in [0.15, 0.2) is 18.3 Å². The molecule has 0 aliphatic carbocycles. The van der Waals surface area contributed by atoms with Gasteiger partial charge in [0.25, 0.3) is 0 Å². The Bertz CT molecular complexity index is 252. The van der Waals surface area contributed by atoms with Crippen molar-refractivity contribution < 1.29 is 0 Å². The van der Waals surface area contributed by atoms with Crippen molar-refractivity contribution in [3.05, 3.63) is 24.0 Å². The van der Waals surface area contributed by atoms with Gasteiger partial charge in [0.15, 0.2) is 0 Å². The monoisotopic (exact) mass is 193 g/mol. The summed E-state index contributed by atoms with van der Waals surface area (Å²) in [4.78, 5) is 6.73. The van der Waals surface area contributed by atoms with E-state index in [4.69, 9.17) is 0 Å². The lowest BCUT2D eigenvalue weighted by atomic mass is 10.3. The van der Waals surface area contributed by atoms with E-state index in [0.717, 1.165) is 31.0 Å². The summed E-state index contributed by atoms with van der Waals surface area (Å²) in [5.41, 5.74) is 2.20. The van der Waals surface area contributed by atoms with Crippen LogP contribution in [0.25, 0.3) is 0 Å². The van der Waals surface area contributed by atoms with E-state index in [-0.39, 0.29) is 0 Å². The molecule has 0 atom stereocenters. The fourth-order valence-corrected chi connectivity index (χ4v) is 1.34. The summed E-state index contributed by atoms with van der Waals surface area (Å²) in [6.45, 7) is 7.44. The number of aromatic nitrogens is 1. The summed E-state index contributed by atoms with van der Waals surface area (Å²) in [5.74, 6) is 0. The Labute approximate surface area is 86.2 Å². The van der Waals surface area contributed by atoms with Gasteiger partial charge in [0, 0.05) is 13.6 Å². The molecule has 78 valence electrons. The molecule has 3 heteroatoms. The van der Waals surface area contributed by atoms with E-state index in [1.54, 1.807) is 0 Å². The molecule has 0 radical (unpaired) electrons. The van der Waals surface area contributed by atoms with Crippen molar-refractivity contribution in [2.45, 2.75) is 20.4 Å². The van der Waals surface area contributed by atoms with E-state index in [9.17, 15) is 0 Å². The van der Waals surface area contributed by atoms with Crippen LogP contribution >= 0.6 is 0 Å². The Hall–Kier alpha value is -1.09. The zero-order valence-corrected chi connectivity index (χ0v) is 9.25. The summed E-state index contributed by atoms with van der Waals surface area (Å²) in [6, 6.07) is 4.13. The second-order valence-corrected chi connectivity index (χ2v) is 3.25. The molecule has 0 aliphatic rings. The third-order valence-electron chi connectivity index (χ3n) is 2.39. The number of hydrogen-bond donors (Lipinski definition) is 1. The van der Waals surface area contributed by atoms with Gasteiger partial charge in [-0.15, -0.1) is 0 Å². The maximum Gasteiger partial charge on any atom is 0.0545 e. The average Bonchev–Trinajstić information content (AvgIpc) is 2.26. The van der Waals surface area contributed by atoms with Gasteiger partial charge in [-0.05, 0) is 25.2 Å². The highest BCUT2D eigenvalue weighted by molar-refractivity contribution is 5.39. The quantitative estimate of drug-likeness (QED) is 0.775. The summed E-state index contributed by atoms with van der Waals surface area (Å²) in [7, 11) is 1.90. The van der Waals surface area contributed by atoms with Crippen LogP contribution in [0.1, 0.15) is 19.5 Å². The molecule has 0 bridgehead atoms. The van der Waals surface area contributed by atoms with E-state index in [2.05, 4.69) is 41.2 Å².